The van der Waals surface area contributed by atoms with E-state index in [1.807, 2.05) is 4.72 Å². The Kier molecular flexibility index (Phi) is 4.38. The van der Waals surface area contributed by atoms with Crippen molar-refractivity contribution in [1.82, 2.24) is 4.72 Å². The van der Waals surface area contributed by atoms with Crippen LogP contribution in [-0.4, -0.2) is 34.2 Å². The molecule has 116 valence electrons. The molecule has 0 saturated heterocycles. The summed E-state index contributed by atoms with van der Waals surface area (Å²) in [5, 5.41) is -0.354. The van der Waals surface area contributed by atoms with E-state index in [0.717, 1.165) is 19.1 Å². The average molecular weight is 331 g/mol. The lowest BCUT2D eigenvalue weighted by Crippen LogP contribution is -2.29. The first-order valence-corrected chi connectivity index (χ1v) is 10.00. The molecule has 0 aromatic heterocycles. The highest BCUT2D eigenvalue weighted by atomic mass is 32.2. The van der Waals surface area contributed by atoms with Crippen molar-refractivity contribution in [1.29, 1.82) is 0 Å². The molecule has 0 bridgehead atoms. The number of carbonyl (C=O) groups is 1. The van der Waals surface area contributed by atoms with E-state index in [4.69, 9.17) is 0 Å². The third-order valence-electron chi connectivity index (χ3n) is 3.46. The molecule has 1 N–H and O–H groups in total. The van der Waals surface area contributed by atoms with Gasteiger partial charge in [0, 0.05) is 5.56 Å². The summed E-state index contributed by atoms with van der Waals surface area (Å²) in [6.45, 7) is 0. The molecular weight excluding hydrogens is 314 g/mol. The molecular formula is C13H17NO5S2. The molecule has 1 fully saturated rings. The molecule has 0 atom stereocenters. The van der Waals surface area contributed by atoms with Gasteiger partial charge in [0.25, 0.3) is 5.91 Å². The molecule has 2 rings (SSSR count). The highest BCUT2D eigenvalue weighted by Gasteiger charge is 2.30. The molecule has 0 radical (unpaired) electrons. The zero-order chi connectivity index (χ0) is 15.7. The van der Waals surface area contributed by atoms with E-state index < -0.39 is 25.8 Å². The summed E-state index contributed by atoms with van der Waals surface area (Å²) in [5.74, 6) is -0.776. The molecule has 6 nitrogen and oxygen atoms in total. The Bertz CT molecular complexity index is 729. The standard InChI is InChI=1S/C13H17NO5S2/c1-20(16,17)14-13(15)10-6-8-12(9-7-10)21(18,19)11-4-2-3-5-11/h6-9,11H,2-5H2,1H3,(H,14,15). The van der Waals surface area contributed by atoms with Crippen molar-refractivity contribution < 1.29 is 21.6 Å². The van der Waals surface area contributed by atoms with E-state index in [9.17, 15) is 21.6 Å². The Morgan fingerprint density at radius 3 is 2.05 bits per heavy atom. The first-order valence-electron chi connectivity index (χ1n) is 6.56. The molecule has 1 aromatic rings. The van der Waals surface area contributed by atoms with E-state index >= 15 is 0 Å². The van der Waals surface area contributed by atoms with Gasteiger partial charge in [-0.3, -0.25) is 4.79 Å². The van der Waals surface area contributed by atoms with Gasteiger partial charge >= 0.3 is 0 Å². The van der Waals surface area contributed by atoms with Gasteiger partial charge in [0.1, 0.15) is 0 Å². The van der Waals surface area contributed by atoms with Gasteiger partial charge < -0.3 is 0 Å². The number of sulfonamides is 1. The first-order chi connectivity index (χ1) is 9.70. The predicted molar refractivity (Wildman–Crippen MR) is 78.2 cm³/mol. The zero-order valence-corrected chi connectivity index (χ0v) is 13.2. The maximum atomic E-state index is 12.3. The molecule has 1 amide bonds. The van der Waals surface area contributed by atoms with E-state index in [1.165, 1.54) is 24.3 Å². The summed E-state index contributed by atoms with van der Waals surface area (Å²) in [6, 6.07) is 5.35. The number of hydrogen-bond acceptors (Lipinski definition) is 5. The summed E-state index contributed by atoms with van der Waals surface area (Å²) in [5.41, 5.74) is 0.103. The molecule has 0 unspecified atom stereocenters. The van der Waals surface area contributed by atoms with Gasteiger partial charge in [0.05, 0.1) is 16.4 Å². The van der Waals surface area contributed by atoms with Gasteiger partial charge in [-0.2, -0.15) is 0 Å². The fourth-order valence-corrected chi connectivity index (χ4v) is 4.72. The second kappa shape index (κ2) is 5.76. The van der Waals surface area contributed by atoms with E-state index in [-0.39, 0.29) is 15.7 Å². The highest BCUT2D eigenvalue weighted by molar-refractivity contribution is 7.92. The Hall–Kier alpha value is -1.41. The minimum Gasteiger partial charge on any atom is -0.268 e. The summed E-state index contributed by atoms with van der Waals surface area (Å²) in [7, 11) is -7.01. The van der Waals surface area contributed by atoms with Crippen LogP contribution in [0.2, 0.25) is 0 Å². The number of carbonyl (C=O) groups excluding carboxylic acids is 1. The van der Waals surface area contributed by atoms with Crippen LogP contribution in [0.4, 0.5) is 0 Å². The number of amides is 1. The van der Waals surface area contributed by atoms with Crippen molar-refractivity contribution in [2.75, 3.05) is 6.26 Å². The second-order valence-corrected chi connectivity index (χ2v) is 9.16. The Balaban J connectivity index is 2.21. The quantitative estimate of drug-likeness (QED) is 0.891. The van der Waals surface area contributed by atoms with Crippen LogP contribution in [0.3, 0.4) is 0 Å². The molecule has 21 heavy (non-hydrogen) atoms. The van der Waals surface area contributed by atoms with Crippen molar-refractivity contribution in [3.05, 3.63) is 29.8 Å². The van der Waals surface area contributed by atoms with Crippen LogP contribution in [0.15, 0.2) is 29.2 Å². The van der Waals surface area contributed by atoms with Crippen molar-refractivity contribution in [2.45, 2.75) is 35.8 Å². The van der Waals surface area contributed by atoms with Crippen LogP contribution in [-0.2, 0) is 19.9 Å². The van der Waals surface area contributed by atoms with Crippen LogP contribution in [0.1, 0.15) is 36.0 Å². The largest absolute Gasteiger partial charge is 0.268 e. The third-order valence-corrected chi connectivity index (χ3v) is 6.30. The Morgan fingerprint density at radius 1 is 1.05 bits per heavy atom. The SMILES string of the molecule is CS(=O)(=O)NC(=O)c1ccc(S(=O)(=O)C2CCCC2)cc1. The maximum Gasteiger partial charge on any atom is 0.264 e. The predicted octanol–water partition coefficient (Wildman–Crippen LogP) is 1.09. The van der Waals surface area contributed by atoms with Crippen molar-refractivity contribution in [2.24, 2.45) is 0 Å². The van der Waals surface area contributed by atoms with Gasteiger partial charge in [-0.15, -0.1) is 0 Å². The second-order valence-electron chi connectivity index (χ2n) is 5.18. The van der Waals surface area contributed by atoms with Crippen LogP contribution < -0.4 is 4.72 Å². The van der Waals surface area contributed by atoms with E-state index in [0.29, 0.717) is 12.8 Å². The zero-order valence-electron chi connectivity index (χ0n) is 11.6. The van der Waals surface area contributed by atoms with Crippen LogP contribution in [0, 0.1) is 0 Å². The normalized spacial score (nSPS) is 16.8. The Labute approximate surface area is 124 Å². The lowest BCUT2D eigenvalue weighted by molar-refractivity contribution is 0.0981. The molecule has 1 aliphatic rings. The lowest BCUT2D eigenvalue weighted by atomic mass is 10.2. The topological polar surface area (TPSA) is 97.4 Å². The highest BCUT2D eigenvalue weighted by Crippen LogP contribution is 2.29. The van der Waals surface area contributed by atoms with Gasteiger partial charge in [0.15, 0.2) is 9.84 Å². The van der Waals surface area contributed by atoms with Gasteiger partial charge in [-0.1, -0.05) is 12.8 Å². The third kappa shape index (κ3) is 3.82. The fraction of sp³-hybridized carbons (Fsp3) is 0.462. The minimum atomic E-state index is -3.64. The molecule has 1 saturated carbocycles. The van der Waals surface area contributed by atoms with Gasteiger partial charge in [0.2, 0.25) is 10.0 Å². The van der Waals surface area contributed by atoms with Crippen LogP contribution in [0.5, 0.6) is 0 Å². The first kappa shape index (κ1) is 16.0. The van der Waals surface area contributed by atoms with Crippen molar-refractivity contribution >= 4 is 25.8 Å². The number of benzene rings is 1. The molecule has 8 heteroatoms. The summed E-state index contributed by atoms with van der Waals surface area (Å²) >= 11 is 0. The summed E-state index contributed by atoms with van der Waals surface area (Å²) in [4.78, 5) is 11.8. The monoisotopic (exact) mass is 331 g/mol. The molecule has 1 aromatic carbocycles. The smallest absolute Gasteiger partial charge is 0.264 e. The fourth-order valence-electron chi connectivity index (χ4n) is 2.41. The number of sulfone groups is 1. The lowest BCUT2D eigenvalue weighted by Gasteiger charge is -2.11. The van der Waals surface area contributed by atoms with Gasteiger partial charge in [-0.25, -0.2) is 21.6 Å². The van der Waals surface area contributed by atoms with Crippen LogP contribution >= 0.6 is 0 Å². The molecule has 0 heterocycles. The van der Waals surface area contributed by atoms with Crippen LogP contribution in [0.25, 0.3) is 0 Å². The molecule has 0 aliphatic heterocycles. The van der Waals surface area contributed by atoms with Crippen molar-refractivity contribution in [3.63, 3.8) is 0 Å². The number of hydrogen-bond donors (Lipinski definition) is 1. The summed E-state index contributed by atoms with van der Waals surface area (Å²) in [6.07, 6.45) is 4.04. The number of nitrogens with one attached hydrogen (secondary N) is 1. The molecule has 0 spiro atoms. The van der Waals surface area contributed by atoms with E-state index in [2.05, 4.69) is 0 Å². The van der Waals surface area contributed by atoms with E-state index in [1.54, 1.807) is 0 Å². The Morgan fingerprint density at radius 2 is 1.57 bits per heavy atom. The minimum absolute atomic E-state index is 0.103. The number of rotatable bonds is 4. The van der Waals surface area contributed by atoms with Gasteiger partial charge in [-0.05, 0) is 37.1 Å². The maximum absolute atomic E-state index is 12.3. The average Bonchev–Trinajstić information content (AvgIpc) is 2.91. The molecule has 1 aliphatic carbocycles. The summed E-state index contributed by atoms with van der Waals surface area (Å²) < 4.78 is 48.5. The van der Waals surface area contributed by atoms with Crippen molar-refractivity contribution in [3.8, 4) is 0 Å².